The van der Waals surface area contributed by atoms with Crippen molar-refractivity contribution in [3.63, 3.8) is 0 Å². The average Bonchev–Trinajstić information content (AvgIpc) is 2.92. The van der Waals surface area contributed by atoms with Gasteiger partial charge in [-0.05, 0) is 49.4 Å². The van der Waals surface area contributed by atoms with Crippen LogP contribution in [0.15, 0.2) is 35.7 Å². The van der Waals surface area contributed by atoms with E-state index in [0.29, 0.717) is 17.5 Å². The number of nitrogens with two attached hydrogens (primary N) is 1. The van der Waals surface area contributed by atoms with Crippen molar-refractivity contribution in [1.82, 2.24) is 0 Å². The fourth-order valence-corrected chi connectivity index (χ4v) is 3.22. The van der Waals surface area contributed by atoms with E-state index in [1.165, 1.54) is 10.4 Å². The zero-order chi connectivity index (χ0) is 14.5. The van der Waals surface area contributed by atoms with Crippen molar-refractivity contribution in [3.8, 4) is 5.75 Å². The molecule has 1 heterocycles. The highest BCUT2D eigenvalue weighted by atomic mass is 35.5. The standard InChI is InChI=1S/C16H20ClNOS/c1-11(2)19-15-6-5-12(9-14(15)17)8-13(10-18)16-4-3-7-20-16/h3-7,9,11,13H,8,10,18H2,1-2H3. The van der Waals surface area contributed by atoms with Crippen LogP contribution < -0.4 is 10.5 Å². The number of hydrogen-bond acceptors (Lipinski definition) is 3. The summed E-state index contributed by atoms with van der Waals surface area (Å²) in [7, 11) is 0. The summed E-state index contributed by atoms with van der Waals surface area (Å²) in [4.78, 5) is 1.33. The Kier molecular flexibility index (Phi) is 5.46. The first-order valence-electron chi connectivity index (χ1n) is 6.78. The molecule has 2 rings (SSSR count). The Hall–Kier alpha value is -1.03. The van der Waals surface area contributed by atoms with Crippen molar-refractivity contribution in [2.24, 2.45) is 5.73 Å². The summed E-state index contributed by atoms with van der Waals surface area (Å²) in [6.45, 7) is 4.62. The number of hydrogen-bond donors (Lipinski definition) is 1. The van der Waals surface area contributed by atoms with Gasteiger partial charge in [-0.1, -0.05) is 23.7 Å². The molecule has 20 heavy (non-hydrogen) atoms. The smallest absolute Gasteiger partial charge is 0.138 e. The Balaban J connectivity index is 2.11. The van der Waals surface area contributed by atoms with Crippen molar-refractivity contribution in [1.29, 1.82) is 0 Å². The van der Waals surface area contributed by atoms with Crippen LogP contribution in [0.2, 0.25) is 5.02 Å². The number of benzene rings is 1. The summed E-state index contributed by atoms with van der Waals surface area (Å²) in [5.41, 5.74) is 7.08. The molecule has 1 atom stereocenters. The molecule has 0 fully saturated rings. The lowest BCUT2D eigenvalue weighted by Gasteiger charge is -2.15. The number of rotatable bonds is 6. The highest BCUT2D eigenvalue weighted by Gasteiger charge is 2.13. The van der Waals surface area contributed by atoms with E-state index in [-0.39, 0.29) is 6.10 Å². The van der Waals surface area contributed by atoms with Crippen molar-refractivity contribution in [3.05, 3.63) is 51.2 Å². The maximum atomic E-state index is 6.27. The second-order valence-electron chi connectivity index (χ2n) is 5.08. The Morgan fingerprint density at radius 3 is 2.65 bits per heavy atom. The van der Waals surface area contributed by atoms with Gasteiger partial charge >= 0.3 is 0 Å². The first-order valence-corrected chi connectivity index (χ1v) is 8.04. The molecule has 0 amide bonds. The van der Waals surface area contributed by atoms with Gasteiger partial charge < -0.3 is 10.5 Å². The Bertz CT molecular complexity index is 539. The third kappa shape index (κ3) is 3.98. The third-order valence-corrected chi connectivity index (χ3v) is 4.40. The maximum absolute atomic E-state index is 6.27. The molecule has 0 bridgehead atoms. The van der Waals surface area contributed by atoms with Crippen LogP contribution in [0.4, 0.5) is 0 Å². The summed E-state index contributed by atoms with van der Waals surface area (Å²) >= 11 is 8.02. The van der Waals surface area contributed by atoms with E-state index in [4.69, 9.17) is 22.1 Å². The van der Waals surface area contributed by atoms with Gasteiger partial charge in [-0.3, -0.25) is 0 Å². The van der Waals surface area contributed by atoms with Gasteiger partial charge in [-0.2, -0.15) is 0 Å². The van der Waals surface area contributed by atoms with Crippen LogP contribution in [-0.2, 0) is 6.42 Å². The molecule has 0 radical (unpaired) electrons. The van der Waals surface area contributed by atoms with E-state index in [2.05, 4.69) is 23.6 Å². The zero-order valence-electron chi connectivity index (χ0n) is 11.8. The van der Waals surface area contributed by atoms with E-state index in [1.54, 1.807) is 11.3 Å². The summed E-state index contributed by atoms with van der Waals surface area (Å²) in [6, 6.07) is 10.2. The molecule has 1 aromatic carbocycles. The minimum absolute atomic E-state index is 0.126. The van der Waals surface area contributed by atoms with Crippen LogP contribution in [0.1, 0.15) is 30.2 Å². The van der Waals surface area contributed by atoms with Gasteiger partial charge in [0.1, 0.15) is 5.75 Å². The normalized spacial score (nSPS) is 12.7. The Morgan fingerprint density at radius 2 is 2.10 bits per heavy atom. The predicted molar refractivity (Wildman–Crippen MR) is 87.0 cm³/mol. The van der Waals surface area contributed by atoms with E-state index in [9.17, 15) is 0 Å². The van der Waals surface area contributed by atoms with Crippen molar-refractivity contribution < 1.29 is 4.74 Å². The van der Waals surface area contributed by atoms with E-state index >= 15 is 0 Å². The summed E-state index contributed by atoms with van der Waals surface area (Å²) in [5.74, 6) is 1.09. The average molecular weight is 310 g/mol. The predicted octanol–water partition coefficient (Wildman–Crippen LogP) is 4.47. The number of ether oxygens (including phenoxy) is 1. The number of halogens is 1. The van der Waals surface area contributed by atoms with Crippen LogP contribution in [0, 0.1) is 0 Å². The summed E-state index contributed by atoms with van der Waals surface area (Å²) < 4.78 is 5.65. The molecule has 1 unspecified atom stereocenters. The highest BCUT2D eigenvalue weighted by molar-refractivity contribution is 7.10. The SMILES string of the molecule is CC(C)Oc1ccc(CC(CN)c2cccs2)cc1Cl. The minimum Gasteiger partial charge on any atom is -0.489 e. The second kappa shape index (κ2) is 7.11. The molecular weight excluding hydrogens is 290 g/mol. The molecule has 108 valence electrons. The molecule has 2 aromatic rings. The van der Waals surface area contributed by atoms with Gasteiger partial charge in [-0.15, -0.1) is 11.3 Å². The van der Waals surface area contributed by atoms with Crippen molar-refractivity contribution in [2.45, 2.75) is 32.3 Å². The maximum Gasteiger partial charge on any atom is 0.138 e. The van der Waals surface area contributed by atoms with Gasteiger partial charge in [0, 0.05) is 17.3 Å². The lowest BCUT2D eigenvalue weighted by molar-refractivity contribution is 0.242. The third-order valence-electron chi connectivity index (χ3n) is 3.07. The summed E-state index contributed by atoms with van der Waals surface area (Å²) in [5, 5.41) is 2.75. The number of thiophene rings is 1. The van der Waals surface area contributed by atoms with Crippen molar-refractivity contribution in [2.75, 3.05) is 6.54 Å². The molecule has 1 aromatic heterocycles. The van der Waals surface area contributed by atoms with Gasteiger partial charge in [0.05, 0.1) is 11.1 Å². The van der Waals surface area contributed by atoms with Gasteiger partial charge in [0.2, 0.25) is 0 Å². The van der Waals surface area contributed by atoms with Crippen LogP contribution >= 0.6 is 22.9 Å². The van der Waals surface area contributed by atoms with Gasteiger partial charge in [0.25, 0.3) is 0 Å². The summed E-state index contributed by atoms with van der Waals surface area (Å²) in [6.07, 6.45) is 1.03. The Labute approximate surface area is 129 Å². The Morgan fingerprint density at radius 1 is 1.30 bits per heavy atom. The van der Waals surface area contributed by atoms with E-state index in [0.717, 1.165) is 12.2 Å². The van der Waals surface area contributed by atoms with E-state index in [1.807, 2.05) is 26.0 Å². The lowest BCUT2D eigenvalue weighted by atomic mass is 9.98. The first kappa shape index (κ1) is 15.4. The molecule has 4 heteroatoms. The zero-order valence-corrected chi connectivity index (χ0v) is 13.4. The molecule has 2 N–H and O–H groups in total. The lowest BCUT2D eigenvalue weighted by Crippen LogP contribution is -2.14. The quantitative estimate of drug-likeness (QED) is 0.854. The highest BCUT2D eigenvalue weighted by Crippen LogP contribution is 2.30. The molecular formula is C16H20ClNOS. The van der Waals surface area contributed by atoms with Gasteiger partial charge in [0.15, 0.2) is 0 Å². The molecule has 0 spiro atoms. The molecule has 0 saturated carbocycles. The topological polar surface area (TPSA) is 35.2 Å². The van der Waals surface area contributed by atoms with Crippen molar-refractivity contribution >= 4 is 22.9 Å². The fraction of sp³-hybridized carbons (Fsp3) is 0.375. The largest absolute Gasteiger partial charge is 0.489 e. The fourth-order valence-electron chi connectivity index (χ4n) is 2.13. The molecule has 0 aliphatic rings. The first-order chi connectivity index (χ1) is 9.60. The van der Waals surface area contributed by atoms with Gasteiger partial charge in [-0.25, -0.2) is 0 Å². The van der Waals surface area contributed by atoms with Crippen LogP contribution in [0.3, 0.4) is 0 Å². The molecule has 0 aliphatic heterocycles. The van der Waals surface area contributed by atoms with E-state index < -0.39 is 0 Å². The molecule has 2 nitrogen and oxygen atoms in total. The monoisotopic (exact) mass is 309 g/mol. The molecule has 0 saturated heterocycles. The second-order valence-corrected chi connectivity index (χ2v) is 6.47. The molecule has 0 aliphatic carbocycles. The van der Waals surface area contributed by atoms with Crippen LogP contribution in [0.25, 0.3) is 0 Å². The minimum atomic E-state index is 0.126. The van der Waals surface area contributed by atoms with Crippen LogP contribution in [0.5, 0.6) is 5.75 Å². The van der Waals surface area contributed by atoms with Crippen LogP contribution in [-0.4, -0.2) is 12.6 Å².